The van der Waals surface area contributed by atoms with Gasteiger partial charge in [0, 0.05) is 22.9 Å². The number of allylic oxidation sites excluding steroid dienone is 5. The van der Waals surface area contributed by atoms with Crippen molar-refractivity contribution < 1.29 is 0 Å². The lowest BCUT2D eigenvalue weighted by Crippen LogP contribution is -2.06. The molecular formula is C31H28N2. The first-order chi connectivity index (χ1) is 16.2. The summed E-state index contributed by atoms with van der Waals surface area (Å²) in [5.74, 6) is 0. The number of pyridine rings is 1. The average molecular weight is 429 g/mol. The molecule has 0 saturated heterocycles. The lowest BCUT2D eigenvalue weighted by molar-refractivity contribution is 1.01. The molecule has 2 nitrogen and oxygen atoms in total. The first-order valence-corrected chi connectivity index (χ1v) is 11.5. The molecule has 5 rings (SSSR count). The maximum atomic E-state index is 4.66. The van der Waals surface area contributed by atoms with E-state index < -0.39 is 0 Å². The maximum absolute atomic E-state index is 4.66. The molecule has 4 aromatic rings. The van der Waals surface area contributed by atoms with Crippen molar-refractivity contribution in [3.05, 3.63) is 114 Å². The number of nitrogens with zero attached hydrogens (tertiary/aromatic N) is 2. The van der Waals surface area contributed by atoms with Crippen molar-refractivity contribution in [1.29, 1.82) is 0 Å². The maximum Gasteiger partial charge on any atom is 0.0719 e. The van der Waals surface area contributed by atoms with Crippen molar-refractivity contribution in [2.45, 2.75) is 26.7 Å². The minimum atomic E-state index is 1.01. The molecule has 1 aliphatic rings. The molecule has 0 spiro atoms. The summed E-state index contributed by atoms with van der Waals surface area (Å²) in [5.41, 5.74) is 10.6. The Kier molecular flexibility index (Phi) is 5.66. The standard InChI is InChI=1S/C31H28N2/c1-4-12-25-19-24-20-28(26-14-7-6-13-22(26)3)23(5-2)21-31(24)33(25)30-17-9-8-15-27(30)29-16-10-11-18-32-29/h4-7,10-21H,2,8-9H2,1,3H3/b12-4-. The zero-order chi connectivity index (χ0) is 22.8. The Labute approximate surface area is 195 Å². The van der Waals surface area contributed by atoms with Gasteiger partial charge < -0.3 is 4.57 Å². The first-order valence-electron chi connectivity index (χ1n) is 11.5. The van der Waals surface area contributed by atoms with E-state index in [1.165, 1.54) is 44.6 Å². The molecule has 0 fully saturated rings. The highest BCUT2D eigenvalue weighted by atomic mass is 15.0. The van der Waals surface area contributed by atoms with E-state index in [1.807, 2.05) is 18.3 Å². The van der Waals surface area contributed by atoms with Gasteiger partial charge in [0.2, 0.25) is 0 Å². The molecule has 162 valence electrons. The summed E-state index contributed by atoms with van der Waals surface area (Å²) in [7, 11) is 0. The van der Waals surface area contributed by atoms with Crippen molar-refractivity contribution in [1.82, 2.24) is 9.55 Å². The Morgan fingerprint density at radius 3 is 2.52 bits per heavy atom. The molecule has 0 amide bonds. The fourth-order valence-corrected chi connectivity index (χ4v) is 4.76. The number of benzene rings is 2. The van der Waals surface area contributed by atoms with Gasteiger partial charge in [0.25, 0.3) is 0 Å². The SMILES string of the molecule is C=Cc1cc2c(cc1-c1ccccc1C)cc(/C=C\C)n2C1=CCCC=C1c1ccccn1. The lowest BCUT2D eigenvalue weighted by Gasteiger charge is -2.20. The number of aromatic nitrogens is 2. The third-order valence-electron chi connectivity index (χ3n) is 6.30. The highest BCUT2D eigenvalue weighted by Gasteiger charge is 2.20. The molecule has 0 aliphatic heterocycles. The molecule has 0 atom stereocenters. The van der Waals surface area contributed by atoms with E-state index >= 15 is 0 Å². The highest BCUT2D eigenvalue weighted by molar-refractivity contribution is 6.04. The summed E-state index contributed by atoms with van der Waals surface area (Å²) in [4.78, 5) is 4.66. The second-order valence-corrected chi connectivity index (χ2v) is 8.42. The minimum absolute atomic E-state index is 1.01. The van der Waals surface area contributed by atoms with E-state index in [0.29, 0.717) is 0 Å². The van der Waals surface area contributed by atoms with Gasteiger partial charge in [0.1, 0.15) is 0 Å². The molecule has 33 heavy (non-hydrogen) atoms. The zero-order valence-corrected chi connectivity index (χ0v) is 19.3. The van der Waals surface area contributed by atoms with Gasteiger partial charge in [-0.15, -0.1) is 0 Å². The van der Waals surface area contributed by atoms with Crippen LogP contribution in [0.15, 0.2) is 91.7 Å². The van der Waals surface area contributed by atoms with Crippen LogP contribution in [0.3, 0.4) is 0 Å². The number of hydrogen-bond acceptors (Lipinski definition) is 1. The van der Waals surface area contributed by atoms with Crippen molar-refractivity contribution >= 4 is 34.3 Å². The van der Waals surface area contributed by atoms with Crippen LogP contribution in [0.25, 0.3) is 45.5 Å². The van der Waals surface area contributed by atoms with Gasteiger partial charge in [-0.3, -0.25) is 4.98 Å². The Morgan fingerprint density at radius 1 is 0.939 bits per heavy atom. The van der Waals surface area contributed by atoms with Crippen LogP contribution in [0.5, 0.6) is 0 Å². The molecule has 0 unspecified atom stereocenters. The molecule has 2 aromatic carbocycles. The Bertz CT molecular complexity index is 1430. The summed E-state index contributed by atoms with van der Waals surface area (Å²) >= 11 is 0. The molecule has 0 N–H and O–H groups in total. The normalized spacial score (nSPS) is 13.9. The Hall–Kier alpha value is -3.91. The van der Waals surface area contributed by atoms with Gasteiger partial charge in [0.15, 0.2) is 0 Å². The van der Waals surface area contributed by atoms with Crippen molar-refractivity contribution in [2.75, 3.05) is 0 Å². The van der Waals surface area contributed by atoms with E-state index in [0.717, 1.165) is 24.1 Å². The van der Waals surface area contributed by atoms with E-state index in [1.54, 1.807) is 0 Å². The van der Waals surface area contributed by atoms with Gasteiger partial charge in [-0.25, -0.2) is 0 Å². The van der Waals surface area contributed by atoms with Crippen LogP contribution in [0, 0.1) is 6.92 Å². The molecule has 2 aromatic heterocycles. The van der Waals surface area contributed by atoms with Crippen LogP contribution in [-0.2, 0) is 0 Å². The number of hydrogen-bond donors (Lipinski definition) is 0. The average Bonchev–Trinajstić information content (AvgIpc) is 3.21. The van der Waals surface area contributed by atoms with E-state index in [2.05, 4.69) is 109 Å². The Morgan fingerprint density at radius 2 is 1.76 bits per heavy atom. The molecule has 0 bridgehead atoms. The van der Waals surface area contributed by atoms with Crippen molar-refractivity contribution in [3.63, 3.8) is 0 Å². The van der Waals surface area contributed by atoms with Crippen LogP contribution < -0.4 is 0 Å². The second kappa shape index (κ2) is 8.91. The summed E-state index contributed by atoms with van der Waals surface area (Å²) in [6.07, 6.45) is 14.9. The predicted octanol–water partition coefficient (Wildman–Crippen LogP) is 8.41. The molecule has 1 aliphatic carbocycles. The lowest BCUT2D eigenvalue weighted by atomic mass is 9.94. The van der Waals surface area contributed by atoms with E-state index in [4.69, 9.17) is 0 Å². The topological polar surface area (TPSA) is 17.8 Å². The zero-order valence-electron chi connectivity index (χ0n) is 19.3. The third-order valence-corrected chi connectivity index (χ3v) is 6.30. The van der Waals surface area contributed by atoms with Crippen LogP contribution in [-0.4, -0.2) is 9.55 Å². The summed E-state index contributed by atoms with van der Waals surface area (Å²) in [6.45, 7) is 8.38. The van der Waals surface area contributed by atoms with Crippen LogP contribution in [0.2, 0.25) is 0 Å². The highest BCUT2D eigenvalue weighted by Crippen LogP contribution is 2.38. The van der Waals surface area contributed by atoms with Gasteiger partial charge >= 0.3 is 0 Å². The largest absolute Gasteiger partial charge is 0.310 e. The smallest absolute Gasteiger partial charge is 0.0719 e. The second-order valence-electron chi connectivity index (χ2n) is 8.42. The van der Waals surface area contributed by atoms with E-state index in [-0.39, 0.29) is 0 Å². The Balaban J connectivity index is 1.76. The summed E-state index contributed by atoms with van der Waals surface area (Å²) in [6, 6.07) is 21.6. The van der Waals surface area contributed by atoms with Crippen LogP contribution in [0.4, 0.5) is 0 Å². The molecule has 2 heterocycles. The van der Waals surface area contributed by atoms with Gasteiger partial charge in [-0.1, -0.05) is 61.2 Å². The first kappa shape index (κ1) is 21.0. The minimum Gasteiger partial charge on any atom is -0.310 e. The molecule has 0 saturated carbocycles. The van der Waals surface area contributed by atoms with E-state index in [9.17, 15) is 0 Å². The summed E-state index contributed by atoms with van der Waals surface area (Å²) < 4.78 is 2.38. The van der Waals surface area contributed by atoms with Crippen LogP contribution in [0.1, 0.15) is 42.3 Å². The fourth-order valence-electron chi connectivity index (χ4n) is 4.76. The predicted molar refractivity (Wildman–Crippen MR) is 143 cm³/mol. The monoisotopic (exact) mass is 428 g/mol. The van der Waals surface area contributed by atoms with Gasteiger partial charge in [-0.05, 0) is 85.4 Å². The molecule has 2 heteroatoms. The van der Waals surface area contributed by atoms with Gasteiger partial charge in [-0.2, -0.15) is 0 Å². The van der Waals surface area contributed by atoms with Crippen LogP contribution >= 0.6 is 0 Å². The molecule has 0 radical (unpaired) electrons. The quantitative estimate of drug-likeness (QED) is 0.312. The number of aryl methyl sites for hydroxylation is 1. The molecular weight excluding hydrogens is 400 g/mol. The van der Waals surface area contributed by atoms with Gasteiger partial charge in [0.05, 0.1) is 16.9 Å². The van der Waals surface area contributed by atoms with Crippen molar-refractivity contribution in [3.8, 4) is 11.1 Å². The number of fused-ring (bicyclic) bond motifs is 1. The van der Waals surface area contributed by atoms with Crippen molar-refractivity contribution in [2.24, 2.45) is 0 Å². The summed E-state index contributed by atoms with van der Waals surface area (Å²) in [5, 5.41) is 1.22. The third kappa shape index (κ3) is 3.78. The number of rotatable bonds is 5. The fraction of sp³-hybridized carbons (Fsp3) is 0.129.